The van der Waals surface area contributed by atoms with Crippen LogP contribution in [0.25, 0.3) is 0 Å². The maximum atomic E-state index is 13.2. The molecule has 0 unspecified atom stereocenters. The molecule has 1 N–H and O–H groups in total. The Morgan fingerprint density at radius 2 is 1.79 bits per heavy atom. The lowest BCUT2D eigenvalue weighted by Gasteiger charge is -2.21. The molecule has 2 aromatic carbocycles. The van der Waals surface area contributed by atoms with Gasteiger partial charge in [-0.15, -0.1) is 10.2 Å². The highest BCUT2D eigenvalue weighted by Crippen LogP contribution is 2.30. The fourth-order valence-corrected chi connectivity index (χ4v) is 7.19. The van der Waals surface area contributed by atoms with Crippen molar-refractivity contribution >= 4 is 55.8 Å². The third-order valence-electron chi connectivity index (χ3n) is 5.21. The highest BCUT2D eigenvalue weighted by Gasteiger charge is 2.28. The predicted molar refractivity (Wildman–Crippen MR) is 133 cm³/mol. The molecule has 174 valence electrons. The summed E-state index contributed by atoms with van der Waals surface area (Å²) in [5.41, 5.74) is 1.36. The monoisotopic (exact) mass is 522 g/mol. The van der Waals surface area contributed by atoms with E-state index in [2.05, 4.69) is 15.5 Å². The number of carbonyl (C=O) groups is 1. The average molecular weight is 523 g/mol. The zero-order valence-electron chi connectivity index (χ0n) is 17.7. The van der Waals surface area contributed by atoms with Crippen LogP contribution in [0.5, 0.6) is 0 Å². The van der Waals surface area contributed by atoms with E-state index in [1.165, 1.54) is 51.2 Å². The molecule has 0 saturated carbocycles. The van der Waals surface area contributed by atoms with Crippen LogP contribution in [-0.2, 0) is 15.8 Å². The van der Waals surface area contributed by atoms with Gasteiger partial charge in [-0.25, -0.2) is 8.42 Å². The summed E-state index contributed by atoms with van der Waals surface area (Å²) in [6, 6.07) is 14.3. The second kappa shape index (κ2) is 11.0. The smallest absolute Gasteiger partial charge is 0.257 e. The number of rotatable bonds is 7. The van der Waals surface area contributed by atoms with Gasteiger partial charge in [-0.05, 0) is 36.6 Å². The molecule has 0 atom stereocenters. The van der Waals surface area contributed by atoms with Crippen molar-refractivity contribution in [1.82, 2.24) is 14.5 Å². The average Bonchev–Trinajstić information content (AvgIpc) is 3.07. The van der Waals surface area contributed by atoms with Crippen molar-refractivity contribution in [3.8, 4) is 0 Å². The van der Waals surface area contributed by atoms with Crippen LogP contribution in [-0.4, -0.2) is 41.9 Å². The molecule has 1 amide bonds. The summed E-state index contributed by atoms with van der Waals surface area (Å²) in [5.74, 6) is 0.285. The van der Waals surface area contributed by atoms with E-state index in [1.54, 1.807) is 0 Å². The molecule has 1 aliphatic heterocycles. The summed E-state index contributed by atoms with van der Waals surface area (Å²) in [6.45, 7) is 0.923. The number of aromatic nitrogens is 2. The van der Waals surface area contributed by atoms with Crippen LogP contribution in [0.15, 0.2) is 57.8 Å². The molecule has 11 heteroatoms. The Hall–Kier alpha value is -1.98. The number of sulfonamides is 1. The fraction of sp³-hybridized carbons (Fsp3) is 0.318. The third kappa shape index (κ3) is 6.13. The maximum absolute atomic E-state index is 13.2. The zero-order chi connectivity index (χ0) is 23.3. The standard InChI is InChI=1S/C22H23ClN4O3S3/c23-18-11-10-17(14-19(18)33(29,30)27-12-6-1-2-7-13-27)20(28)24-21-25-26-22(32-21)31-15-16-8-4-3-5-9-16/h3-5,8-11,14H,1-2,6-7,12-13,15H2,(H,24,25,28). The lowest BCUT2D eigenvalue weighted by Crippen LogP contribution is -2.32. The minimum atomic E-state index is -3.78. The first-order valence-corrected chi connectivity index (χ1v) is 14.2. The lowest BCUT2D eigenvalue weighted by molar-refractivity contribution is 0.102. The molecule has 1 aliphatic rings. The largest absolute Gasteiger partial charge is 0.296 e. The van der Waals surface area contributed by atoms with E-state index in [1.807, 2.05) is 30.3 Å². The van der Waals surface area contributed by atoms with Gasteiger partial charge >= 0.3 is 0 Å². The number of carbonyl (C=O) groups excluding carboxylic acids is 1. The van der Waals surface area contributed by atoms with E-state index in [0.717, 1.165) is 35.8 Å². The summed E-state index contributed by atoms with van der Waals surface area (Å²) in [7, 11) is -3.78. The van der Waals surface area contributed by atoms with Gasteiger partial charge < -0.3 is 0 Å². The highest BCUT2D eigenvalue weighted by molar-refractivity contribution is 8.00. The number of hydrogen-bond donors (Lipinski definition) is 1. The first kappa shape index (κ1) is 24.2. The number of nitrogens with zero attached hydrogens (tertiary/aromatic N) is 3. The minimum absolute atomic E-state index is 0.0462. The molecule has 1 aromatic heterocycles. The van der Waals surface area contributed by atoms with E-state index in [9.17, 15) is 13.2 Å². The van der Waals surface area contributed by atoms with Crippen LogP contribution >= 0.6 is 34.7 Å². The molecular formula is C22H23ClN4O3S3. The number of amides is 1. The van der Waals surface area contributed by atoms with Crippen molar-refractivity contribution in [3.63, 3.8) is 0 Å². The van der Waals surface area contributed by atoms with Crippen molar-refractivity contribution in [2.45, 2.75) is 40.7 Å². The van der Waals surface area contributed by atoms with Crippen molar-refractivity contribution in [3.05, 3.63) is 64.7 Å². The van der Waals surface area contributed by atoms with Gasteiger partial charge in [0.25, 0.3) is 5.91 Å². The number of anilines is 1. The van der Waals surface area contributed by atoms with E-state index in [0.29, 0.717) is 18.2 Å². The molecule has 1 fully saturated rings. The summed E-state index contributed by atoms with van der Waals surface area (Å²) >= 11 is 9.04. The van der Waals surface area contributed by atoms with Crippen molar-refractivity contribution in [2.24, 2.45) is 0 Å². The third-order valence-corrected chi connectivity index (χ3v) is 9.63. The molecule has 7 nitrogen and oxygen atoms in total. The van der Waals surface area contributed by atoms with Gasteiger partial charge in [0.1, 0.15) is 4.90 Å². The summed E-state index contributed by atoms with van der Waals surface area (Å²) in [6.07, 6.45) is 3.66. The first-order chi connectivity index (χ1) is 15.9. The lowest BCUT2D eigenvalue weighted by atomic mass is 10.2. The Labute approximate surface area is 206 Å². The Balaban J connectivity index is 1.45. The maximum Gasteiger partial charge on any atom is 0.257 e. The van der Waals surface area contributed by atoms with Crippen LogP contribution in [0, 0.1) is 0 Å². The second-order valence-corrected chi connectivity index (χ2v) is 12.1. The van der Waals surface area contributed by atoms with Gasteiger partial charge in [-0.3, -0.25) is 10.1 Å². The fourth-order valence-electron chi connectivity index (χ4n) is 3.47. The Kier molecular flexibility index (Phi) is 8.02. The topological polar surface area (TPSA) is 92.3 Å². The molecule has 0 spiro atoms. The highest BCUT2D eigenvalue weighted by atomic mass is 35.5. The number of benzene rings is 2. The zero-order valence-corrected chi connectivity index (χ0v) is 20.9. The molecular weight excluding hydrogens is 500 g/mol. The van der Waals surface area contributed by atoms with Gasteiger partial charge in [0.2, 0.25) is 15.2 Å². The number of thioether (sulfide) groups is 1. The van der Waals surface area contributed by atoms with E-state index < -0.39 is 15.9 Å². The number of halogens is 1. The van der Waals surface area contributed by atoms with Crippen LogP contribution < -0.4 is 5.32 Å². The SMILES string of the molecule is O=C(Nc1nnc(SCc2ccccc2)s1)c1ccc(Cl)c(S(=O)(=O)N2CCCCCC2)c1. The molecule has 3 aromatic rings. The van der Waals surface area contributed by atoms with Gasteiger partial charge in [-0.1, -0.05) is 77.9 Å². The van der Waals surface area contributed by atoms with Gasteiger partial charge in [0.05, 0.1) is 5.02 Å². The number of nitrogens with one attached hydrogen (secondary N) is 1. The van der Waals surface area contributed by atoms with E-state index in [-0.39, 0.29) is 15.5 Å². The predicted octanol–water partition coefficient (Wildman–Crippen LogP) is 5.30. The van der Waals surface area contributed by atoms with Gasteiger partial charge in [-0.2, -0.15) is 4.31 Å². The molecule has 0 radical (unpaired) electrons. The van der Waals surface area contributed by atoms with Crippen LogP contribution in [0.1, 0.15) is 41.6 Å². The summed E-state index contributed by atoms with van der Waals surface area (Å²) in [5, 5.41) is 11.3. The summed E-state index contributed by atoms with van der Waals surface area (Å²) in [4.78, 5) is 12.7. The summed E-state index contributed by atoms with van der Waals surface area (Å²) < 4.78 is 28.5. The molecule has 0 aliphatic carbocycles. The van der Waals surface area contributed by atoms with Crippen LogP contribution in [0.2, 0.25) is 5.02 Å². The van der Waals surface area contributed by atoms with Gasteiger partial charge in [0.15, 0.2) is 4.34 Å². The van der Waals surface area contributed by atoms with Crippen molar-refractivity contribution in [1.29, 1.82) is 0 Å². The number of hydrogen-bond acceptors (Lipinski definition) is 7. The Morgan fingerprint density at radius 1 is 1.06 bits per heavy atom. The second-order valence-electron chi connectivity index (χ2n) is 7.57. The van der Waals surface area contributed by atoms with Crippen molar-refractivity contribution < 1.29 is 13.2 Å². The van der Waals surface area contributed by atoms with E-state index in [4.69, 9.17) is 11.6 Å². The molecule has 4 rings (SSSR count). The molecule has 33 heavy (non-hydrogen) atoms. The first-order valence-electron chi connectivity index (χ1n) is 10.5. The Morgan fingerprint density at radius 3 is 2.52 bits per heavy atom. The Bertz CT molecular complexity index is 1210. The normalized spacial score (nSPS) is 15.2. The molecule has 0 bridgehead atoms. The van der Waals surface area contributed by atoms with Crippen molar-refractivity contribution in [2.75, 3.05) is 18.4 Å². The van der Waals surface area contributed by atoms with Crippen LogP contribution in [0.4, 0.5) is 5.13 Å². The van der Waals surface area contributed by atoms with Gasteiger partial charge in [0, 0.05) is 24.4 Å². The van der Waals surface area contributed by atoms with Crippen LogP contribution in [0.3, 0.4) is 0 Å². The minimum Gasteiger partial charge on any atom is -0.296 e. The molecule has 1 saturated heterocycles. The quantitative estimate of drug-likeness (QED) is 0.334. The van der Waals surface area contributed by atoms with E-state index >= 15 is 0 Å². The molecule has 2 heterocycles.